The first-order valence-electron chi connectivity index (χ1n) is 16.2. The molecule has 2 unspecified atom stereocenters. The van der Waals surface area contributed by atoms with Gasteiger partial charge in [-0.15, -0.1) is 0 Å². The number of rotatable bonds is 7. The summed E-state index contributed by atoms with van der Waals surface area (Å²) in [6, 6.07) is 21.1. The molecule has 2 aliphatic heterocycles. The smallest absolute Gasteiger partial charge is 0.410 e. The number of ether oxygens (including phenoxy) is 2. The molecule has 11 heteroatoms. The summed E-state index contributed by atoms with van der Waals surface area (Å²) < 4.78 is 11.1. The lowest BCUT2D eigenvalue weighted by molar-refractivity contribution is -0.124. The number of carbonyl (C=O) groups excluding carboxylic acids is 5. The summed E-state index contributed by atoms with van der Waals surface area (Å²) in [5.41, 5.74) is 1.91. The van der Waals surface area contributed by atoms with Gasteiger partial charge in [0, 0.05) is 12.1 Å². The van der Waals surface area contributed by atoms with E-state index in [-0.39, 0.29) is 25.5 Å². The van der Waals surface area contributed by atoms with Crippen LogP contribution in [0.1, 0.15) is 61.5 Å². The van der Waals surface area contributed by atoms with Gasteiger partial charge in [0.2, 0.25) is 5.91 Å². The van der Waals surface area contributed by atoms with E-state index in [0.717, 1.165) is 11.1 Å². The number of piperidine rings is 1. The first-order valence-corrected chi connectivity index (χ1v) is 16.2. The van der Waals surface area contributed by atoms with E-state index in [9.17, 15) is 24.0 Å². The van der Waals surface area contributed by atoms with Crippen molar-refractivity contribution in [3.8, 4) is 0 Å². The van der Waals surface area contributed by atoms with Gasteiger partial charge in [-0.1, -0.05) is 66.7 Å². The number of fused-ring (bicyclic) bond motifs is 1. The van der Waals surface area contributed by atoms with Crippen LogP contribution in [0.5, 0.6) is 0 Å². The number of hydrogen-bond acceptors (Lipinski definition) is 7. The molecule has 11 nitrogen and oxygen atoms in total. The summed E-state index contributed by atoms with van der Waals surface area (Å²) in [6.45, 7) is 6.75. The van der Waals surface area contributed by atoms with Gasteiger partial charge in [0.1, 0.15) is 24.3 Å². The number of Topliss-reactive ketones (excluding diaryl/α,β-unsaturated/α-hetero) is 1. The lowest BCUT2D eigenvalue weighted by Crippen LogP contribution is -2.57. The van der Waals surface area contributed by atoms with E-state index in [1.807, 2.05) is 49.4 Å². The lowest BCUT2D eigenvalue weighted by atomic mass is 10.0. The molecule has 0 spiro atoms. The fourth-order valence-corrected chi connectivity index (χ4v) is 6.02. The number of anilines is 2. The highest BCUT2D eigenvalue weighted by molar-refractivity contribution is 6.13. The molecule has 252 valence electrons. The molecule has 0 saturated carbocycles. The minimum atomic E-state index is -1.26. The highest BCUT2D eigenvalue weighted by atomic mass is 16.6. The molecule has 0 aromatic heterocycles. The second-order valence-electron chi connectivity index (χ2n) is 13.0. The molecular weight excluding hydrogens is 612 g/mol. The topological polar surface area (TPSA) is 126 Å². The summed E-state index contributed by atoms with van der Waals surface area (Å²) >= 11 is 0. The number of benzene rings is 3. The normalized spacial score (nSPS) is 18.0. The van der Waals surface area contributed by atoms with Crippen LogP contribution in [0.15, 0.2) is 78.9 Å². The van der Waals surface area contributed by atoms with Gasteiger partial charge in [-0.05, 0) is 70.2 Å². The van der Waals surface area contributed by atoms with Crippen LogP contribution in [-0.2, 0) is 25.7 Å². The number of ketones is 1. The molecule has 1 fully saturated rings. The Morgan fingerprint density at radius 2 is 1.54 bits per heavy atom. The molecule has 3 aromatic rings. The van der Waals surface area contributed by atoms with Crippen molar-refractivity contribution in [3.05, 3.63) is 95.6 Å². The van der Waals surface area contributed by atoms with Crippen LogP contribution < -0.4 is 15.1 Å². The van der Waals surface area contributed by atoms with Crippen LogP contribution in [0.3, 0.4) is 0 Å². The summed E-state index contributed by atoms with van der Waals surface area (Å²) in [5, 5.41) is 2.65. The minimum Gasteiger partial charge on any atom is -0.445 e. The average molecular weight is 655 g/mol. The number of nitrogens with one attached hydrogen (secondary N) is 1. The zero-order valence-electron chi connectivity index (χ0n) is 27.8. The van der Waals surface area contributed by atoms with Crippen LogP contribution in [0.2, 0.25) is 0 Å². The Kier molecular flexibility index (Phi) is 10.5. The molecule has 1 N–H and O–H groups in total. The Balaban J connectivity index is 1.48. The average Bonchev–Trinajstić information content (AvgIpc) is 3.17. The van der Waals surface area contributed by atoms with Gasteiger partial charge in [-0.3, -0.25) is 19.3 Å². The highest BCUT2D eigenvalue weighted by Crippen LogP contribution is 2.35. The Morgan fingerprint density at radius 3 is 2.25 bits per heavy atom. The predicted molar refractivity (Wildman–Crippen MR) is 181 cm³/mol. The van der Waals surface area contributed by atoms with E-state index in [2.05, 4.69) is 5.32 Å². The maximum absolute atomic E-state index is 14.6. The second kappa shape index (κ2) is 14.7. The third-order valence-corrected chi connectivity index (χ3v) is 8.32. The molecule has 3 aromatic carbocycles. The maximum atomic E-state index is 14.6. The van der Waals surface area contributed by atoms with Gasteiger partial charge < -0.3 is 24.6 Å². The van der Waals surface area contributed by atoms with Crippen molar-refractivity contribution in [2.45, 2.75) is 71.2 Å². The molecule has 2 heterocycles. The molecular formula is C37H42N4O7. The van der Waals surface area contributed by atoms with Crippen LogP contribution in [0.4, 0.5) is 21.0 Å². The predicted octanol–water partition coefficient (Wildman–Crippen LogP) is 5.64. The van der Waals surface area contributed by atoms with Crippen LogP contribution in [0, 0.1) is 6.92 Å². The van der Waals surface area contributed by atoms with Crippen molar-refractivity contribution < 1.29 is 33.4 Å². The third kappa shape index (κ3) is 8.02. The summed E-state index contributed by atoms with van der Waals surface area (Å²) in [4.78, 5) is 73.0. The molecule has 0 radical (unpaired) electrons. The van der Waals surface area contributed by atoms with Crippen molar-refractivity contribution in [2.24, 2.45) is 0 Å². The zero-order valence-corrected chi connectivity index (χ0v) is 27.8. The number of carbonyl (C=O) groups is 5. The van der Waals surface area contributed by atoms with Crippen molar-refractivity contribution in [2.75, 3.05) is 29.4 Å². The standard InChI is InChI=1S/C37H42N4O7/c1-25-14-8-9-17-27(25)32(42)23-41-30-19-11-10-18-29(30)40(22-28(33(41)43)38-35(45)48-37(2,3)4)34(44)31-20-12-13-21-39(31)36(46)47-24-26-15-6-5-7-16-26/h5-11,14-19,28,31H,12-13,20-24H2,1-4H3,(H,38,45). The second-order valence-corrected chi connectivity index (χ2v) is 13.0. The van der Waals surface area contributed by atoms with Crippen molar-refractivity contribution >= 4 is 41.2 Å². The summed E-state index contributed by atoms with van der Waals surface area (Å²) in [7, 11) is 0. The Bertz CT molecular complexity index is 1670. The molecule has 0 aliphatic carbocycles. The zero-order chi connectivity index (χ0) is 34.4. The summed E-state index contributed by atoms with van der Waals surface area (Å²) in [5.74, 6) is -1.30. The number of alkyl carbamates (subject to hydrolysis) is 1. The van der Waals surface area contributed by atoms with Gasteiger partial charge in [0.25, 0.3) is 5.91 Å². The number of amides is 4. The number of para-hydroxylation sites is 2. The van der Waals surface area contributed by atoms with Gasteiger partial charge in [-0.25, -0.2) is 9.59 Å². The molecule has 48 heavy (non-hydrogen) atoms. The number of nitrogens with zero attached hydrogens (tertiary/aromatic N) is 3. The van der Waals surface area contributed by atoms with Gasteiger partial charge in [0.05, 0.1) is 24.5 Å². The SMILES string of the molecule is Cc1ccccc1C(=O)CN1C(=O)C(NC(=O)OC(C)(C)C)CN(C(=O)C2CCCCN2C(=O)OCc2ccccc2)c2ccccc21. The largest absolute Gasteiger partial charge is 0.445 e. The monoisotopic (exact) mass is 654 g/mol. The van der Waals surface area contributed by atoms with E-state index in [4.69, 9.17) is 9.47 Å². The number of aryl methyl sites for hydroxylation is 1. The minimum absolute atomic E-state index is 0.0594. The Morgan fingerprint density at radius 1 is 0.875 bits per heavy atom. The molecule has 2 atom stereocenters. The van der Waals surface area contributed by atoms with Crippen molar-refractivity contribution in [3.63, 3.8) is 0 Å². The van der Waals surface area contributed by atoms with Crippen molar-refractivity contribution in [1.82, 2.24) is 10.2 Å². The van der Waals surface area contributed by atoms with Gasteiger partial charge in [0.15, 0.2) is 5.78 Å². The Labute approximate surface area is 280 Å². The summed E-state index contributed by atoms with van der Waals surface area (Å²) in [6.07, 6.45) is 0.366. The number of hydrogen-bond donors (Lipinski definition) is 1. The van der Waals surface area contributed by atoms with Crippen LogP contribution in [-0.4, -0.2) is 72.0 Å². The van der Waals surface area contributed by atoms with E-state index in [0.29, 0.717) is 42.7 Å². The third-order valence-electron chi connectivity index (χ3n) is 8.32. The van der Waals surface area contributed by atoms with Crippen LogP contribution in [0.25, 0.3) is 0 Å². The maximum Gasteiger partial charge on any atom is 0.410 e. The fraction of sp³-hybridized carbons (Fsp3) is 0.378. The van der Waals surface area contributed by atoms with Crippen molar-refractivity contribution in [1.29, 1.82) is 0 Å². The van der Waals surface area contributed by atoms with E-state index < -0.39 is 41.7 Å². The quantitative estimate of drug-likeness (QED) is 0.327. The molecule has 0 bridgehead atoms. The van der Waals surface area contributed by atoms with Crippen LogP contribution >= 0.6 is 0 Å². The molecule has 2 aliphatic rings. The number of likely N-dealkylation sites (tertiary alicyclic amines) is 1. The molecule has 1 saturated heterocycles. The first-order chi connectivity index (χ1) is 22.9. The van der Waals surface area contributed by atoms with E-state index in [1.54, 1.807) is 57.2 Å². The van der Waals surface area contributed by atoms with E-state index >= 15 is 0 Å². The lowest BCUT2D eigenvalue weighted by Gasteiger charge is -2.37. The first kappa shape index (κ1) is 34.2. The Hall–Kier alpha value is -5.19. The van der Waals surface area contributed by atoms with Gasteiger partial charge >= 0.3 is 12.2 Å². The molecule has 4 amide bonds. The fourth-order valence-electron chi connectivity index (χ4n) is 6.02. The molecule has 5 rings (SSSR count). The highest BCUT2D eigenvalue weighted by Gasteiger charge is 2.42. The van der Waals surface area contributed by atoms with E-state index in [1.165, 1.54) is 14.7 Å². The van der Waals surface area contributed by atoms with Gasteiger partial charge in [-0.2, -0.15) is 0 Å².